The van der Waals surface area contributed by atoms with Crippen LogP contribution in [0.4, 0.5) is 17.2 Å². The molecule has 9 nitrogen and oxygen atoms in total. The summed E-state index contributed by atoms with van der Waals surface area (Å²) < 4.78 is 1.21. The molecule has 4 N–H and O–H groups in total. The van der Waals surface area contributed by atoms with Crippen LogP contribution >= 0.6 is 0 Å². The van der Waals surface area contributed by atoms with Crippen molar-refractivity contribution in [1.82, 2.24) is 9.55 Å². The molecule has 0 atom stereocenters. The number of aromatic amines is 1. The normalized spacial score (nSPS) is 10.8. The van der Waals surface area contributed by atoms with Gasteiger partial charge in [0.25, 0.3) is 11.5 Å². The van der Waals surface area contributed by atoms with Gasteiger partial charge in [0.15, 0.2) is 5.69 Å². The van der Waals surface area contributed by atoms with Crippen LogP contribution in [0.15, 0.2) is 70.3 Å². The molecular formula is C23H23N5O4. The van der Waals surface area contributed by atoms with Crippen LogP contribution in [-0.4, -0.2) is 28.4 Å². The number of benzene rings is 2. The van der Waals surface area contributed by atoms with E-state index >= 15 is 0 Å². The monoisotopic (exact) mass is 433 g/mol. The number of aromatic nitrogens is 2. The van der Waals surface area contributed by atoms with Gasteiger partial charge < -0.3 is 16.0 Å². The van der Waals surface area contributed by atoms with Crippen LogP contribution in [0.2, 0.25) is 0 Å². The highest BCUT2D eigenvalue weighted by Crippen LogP contribution is 2.17. The van der Waals surface area contributed by atoms with Gasteiger partial charge in [-0.2, -0.15) is 0 Å². The summed E-state index contributed by atoms with van der Waals surface area (Å²) in [6.07, 6.45) is 2.86. The number of rotatable bonds is 6. The lowest BCUT2D eigenvalue weighted by Crippen LogP contribution is -2.39. The highest BCUT2D eigenvalue weighted by molar-refractivity contribution is 6.04. The lowest BCUT2D eigenvalue weighted by Gasteiger charge is -2.19. The van der Waals surface area contributed by atoms with E-state index in [4.69, 9.17) is 5.73 Å². The molecule has 1 heterocycles. The van der Waals surface area contributed by atoms with Gasteiger partial charge in [0, 0.05) is 25.7 Å². The molecule has 0 aliphatic rings. The Kier molecular flexibility index (Phi) is 6.69. The molecule has 0 aliphatic carbocycles. The molecule has 9 heteroatoms. The van der Waals surface area contributed by atoms with Crippen molar-refractivity contribution in [3.63, 3.8) is 0 Å². The molecule has 0 saturated heterocycles. The molecule has 2 amide bonds. The third-order valence-electron chi connectivity index (χ3n) is 4.71. The van der Waals surface area contributed by atoms with Gasteiger partial charge in [-0.3, -0.25) is 23.9 Å². The number of anilines is 3. The van der Waals surface area contributed by atoms with Crippen molar-refractivity contribution in [3.8, 4) is 0 Å². The maximum absolute atomic E-state index is 12.7. The van der Waals surface area contributed by atoms with Crippen LogP contribution in [0.5, 0.6) is 0 Å². The van der Waals surface area contributed by atoms with Gasteiger partial charge >= 0.3 is 5.69 Å². The van der Waals surface area contributed by atoms with Crippen molar-refractivity contribution < 1.29 is 9.59 Å². The molecule has 0 fully saturated rings. The van der Waals surface area contributed by atoms with Crippen LogP contribution in [-0.2, 0) is 16.1 Å². The molecule has 0 radical (unpaired) electrons. The Labute approximate surface area is 183 Å². The van der Waals surface area contributed by atoms with Crippen molar-refractivity contribution in [2.24, 2.45) is 0 Å². The number of H-pyrrole nitrogens is 1. The minimum atomic E-state index is -0.749. The highest BCUT2D eigenvalue weighted by atomic mass is 16.2. The average Bonchev–Trinajstić information content (AvgIpc) is 2.76. The van der Waals surface area contributed by atoms with Crippen molar-refractivity contribution >= 4 is 35.1 Å². The van der Waals surface area contributed by atoms with E-state index in [2.05, 4.69) is 10.3 Å². The number of nitrogens with zero attached hydrogens (tertiary/aromatic N) is 2. The summed E-state index contributed by atoms with van der Waals surface area (Å²) in [5, 5.41) is 2.66. The summed E-state index contributed by atoms with van der Waals surface area (Å²) in [5.74, 6) is -0.786. The smallest absolute Gasteiger partial charge is 0.330 e. The summed E-state index contributed by atoms with van der Waals surface area (Å²) >= 11 is 0. The van der Waals surface area contributed by atoms with Crippen LogP contribution in [0.1, 0.15) is 18.1 Å². The Bertz CT molecular complexity index is 1270. The molecule has 0 aliphatic heterocycles. The molecule has 2 aromatic carbocycles. The van der Waals surface area contributed by atoms with E-state index in [1.54, 1.807) is 30.3 Å². The quantitative estimate of drug-likeness (QED) is 0.510. The Morgan fingerprint density at radius 3 is 2.38 bits per heavy atom. The second kappa shape index (κ2) is 9.61. The fourth-order valence-corrected chi connectivity index (χ4v) is 3.09. The van der Waals surface area contributed by atoms with Crippen LogP contribution in [0, 0.1) is 0 Å². The predicted octanol–water partition coefficient (Wildman–Crippen LogP) is 1.80. The van der Waals surface area contributed by atoms with Gasteiger partial charge in [0.2, 0.25) is 5.91 Å². The topological polar surface area (TPSA) is 130 Å². The molecular weight excluding hydrogens is 410 g/mol. The summed E-state index contributed by atoms with van der Waals surface area (Å²) in [7, 11) is 1.41. The fourth-order valence-electron chi connectivity index (χ4n) is 3.09. The van der Waals surface area contributed by atoms with Crippen LogP contribution in [0.25, 0.3) is 6.08 Å². The van der Waals surface area contributed by atoms with Gasteiger partial charge in [0.1, 0.15) is 5.82 Å². The first kappa shape index (κ1) is 22.3. The maximum atomic E-state index is 12.7. The first-order valence-electron chi connectivity index (χ1n) is 9.76. The first-order valence-corrected chi connectivity index (χ1v) is 9.76. The zero-order valence-electron chi connectivity index (χ0n) is 17.7. The van der Waals surface area contributed by atoms with Crippen molar-refractivity contribution in [3.05, 3.63) is 92.6 Å². The fraction of sp³-hybridized carbons (Fsp3) is 0.130. The molecule has 164 valence electrons. The predicted molar refractivity (Wildman–Crippen MR) is 124 cm³/mol. The van der Waals surface area contributed by atoms with Gasteiger partial charge in [-0.05, 0) is 29.3 Å². The maximum Gasteiger partial charge on any atom is 0.330 e. The molecule has 0 bridgehead atoms. The second-order valence-electron chi connectivity index (χ2n) is 7.10. The van der Waals surface area contributed by atoms with Gasteiger partial charge in [0.05, 0.1) is 6.54 Å². The second-order valence-corrected chi connectivity index (χ2v) is 7.10. The number of nitrogen functional groups attached to an aromatic ring is 1. The van der Waals surface area contributed by atoms with Gasteiger partial charge in [-0.15, -0.1) is 0 Å². The largest absolute Gasteiger partial charge is 0.383 e. The minimum absolute atomic E-state index is 0.105. The highest BCUT2D eigenvalue weighted by Gasteiger charge is 2.19. The molecule has 0 spiro atoms. The number of nitrogens with one attached hydrogen (secondary N) is 2. The first-order chi connectivity index (χ1) is 15.3. The number of hydrogen-bond donors (Lipinski definition) is 3. The van der Waals surface area contributed by atoms with Crippen LogP contribution in [0.3, 0.4) is 0 Å². The molecule has 0 unspecified atom stereocenters. The molecule has 32 heavy (non-hydrogen) atoms. The van der Waals surface area contributed by atoms with E-state index < -0.39 is 17.2 Å². The number of hydrogen-bond acceptors (Lipinski definition) is 5. The van der Waals surface area contributed by atoms with E-state index in [9.17, 15) is 19.2 Å². The van der Waals surface area contributed by atoms with E-state index in [-0.39, 0.29) is 24.0 Å². The summed E-state index contributed by atoms with van der Waals surface area (Å²) in [4.78, 5) is 51.8. The molecule has 0 saturated carbocycles. The zero-order chi connectivity index (χ0) is 23.3. The minimum Gasteiger partial charge on any atom is -0.383 e. The number of carbonyl (C=O) groups is 2. The van der Waals surface area contributed by atoms with E-state index in [1.807, 2.05) is 30.3 Å². The third-order valence-corrected chi connectivity index (χ3v) is 4.71. The Hall–Kier alpha value is -4.40. The Morgan fingerprint density at radius 2 is 1.75 bits per heavy atom. The molecule has 3 rings (SSSR count). The van der Waals surface area contributed by atoms with Crippen molar-refractivity contribution in [2.75, 3.05) is 23.0 Å². The van der Waals surface area contributed by atoms with Gasteiger partial charge in [-0.1, -0.05) is 42.5 Å². The van der Waals surface area contributed by atoms with Crippen LogP contribution < -0.4 is 27.2 Å². The SMILES string of the molecule is CC(=O)Nc1ccc(C=CC(=O)N(C)c2c(N)n(Cc3ccccc3)c(=O)[nH]c2=O)cc1. The summed E-state index contributed by atoms with van der Waals surface area (Å²) in [6, 6.07) is 16.0. The van der Waals surface area contributed by atoms with E-state index in [0.717, 1.165) is 16.0 Å². The average molecular weight is 433 g/mol. The third kappa shape index (κ3) is 5.20. The lowest BCUT2D eigenvalue weighted by atomic mass is 10.2. The lowest BCUT2D eigenvalue weighted by molar-refractivity contribution is -0.114. The van der Waals surface area contributed by atoms with Crippen molar-refractivity contribution in [1.29, 1.82) is 0 Å². The number of nitrogens with two attached hydrogens (primary N) is 1. The summed E-state index contributed by atoms with van der Waals surface area (Å²) in [5.41, 5.74) is 6.78. The number of likely N-dealkylation sites (N-methyl/N-ethyl adjacent to an activating group) is 1. The van der Waals surface area contributed by atoms with E-state index in [1.165, 1.54) is 24.6 Å². The number of carbonyl (C=O) groups excluding carboxylic acids is 2. The van der Waals surface area contributed by atoms with Crippen molar-refractivity contribution in [2.45, 2.75) is 13.5 Å². The Morgan fingerprint density at radius 1 is 1.09 bits per heavy atom. The molecule has 3 aromatic rings. The number of amides is 2. The standard InChI is InChI=1S/C23H23N5O4/c1-15(29)25-18-11-8-16(9-12-18)10-13-19(30)27(2)20-21(24)28(23(32)26-22(20)31)14-17-6-4-3-5-7-17/h3-13H,14,24H2,1-2H3,(H,25,29)(H,26,31,32). The Balaban J connectivity index is 1.84. The van der Waals surface area contributed by atoms with Gasteiger partial charge in [-0.25, -0.2) is 4.79 Å². The van der Waals surface area contributed by atoms with E-state index in [0.29, 0.717) is 5.69 Å². The zero-order valence-corrected chi connectivity index (χ0v) is 17.7. The molecule has 1 aromatic heterocycles. The summed E-state index contributed by atoms with van der Waals surface area (Å²) in [6.45, 7) is 1.56.